The summed E-state index contributed by atoms with van der Waals surface area (Å²) in [5.74, 6) is 1.35. The molecule has 4 heterocycles. The average Bonchev–Trinajstić information content (AvgIpc) is 3.23. The number of nitrogens with one attached hydrogen (secondary N) is 2. The number of H-pyrrole nitrogens is 2. The minimum absolute atomic E-state index is 0.0214. The lowest BCUT2D eigenvalue weighted by molar-refractivity contribution is 0.0334. The lowest BCUT2D eigenvalue weighted by atomic mass is 10.0. The summed E-state index contributed by atoms with van der Waals surface area (Å²) in [7, 11) is -3.00. The molecule has 9 heteroatoms. The Morgan fingerprint density at radius 2 is 1.83 bits per heavy atom. The van der Waals surface area contributed by atoms with Crippen LogP contribution in [0.5, 0.6) is 0 Å². The lowest BCUT2D eigenvalue weighted by Crippen LogP contribution is -2.58. The fraction of sp³-hybridized carbons (Fsp3) is 0.600. The van der Waals surface area contributed by atoms with Crippen LogP contribution in [0, 0.1) is 6.92 Å². The molecule has 0 saturated carbocycles. The summed E-state index contributed by atoms with van der Waals surface area (Å²) in [5.41, 5.74) is 2.04. The topological polar surface area (TPSA) is 98.0 Å². The van der Waals surface area contributed by atoms with Crippen LogP contribution in [0.1, 0.15) is 17.2 Å². The van der Waals surface area contributed by atoms with Crippen molar-refractivity contribution in [3.8, 4) is 0 Å². The van der Waals surface area contributed by atoms with E-state index in [1.165, 1.54) is 0 Å². The van der Waals surface area contributed by atoms with E-state index in [4.69, 9.17) is 0 Å². The molecule has 24 heavy (non-hydrogen) atoms. The summed E-state index contributed by atoms with van der Waals surface area (Å²) in [6, 6.07) is 0.0444. The number of aromatic amines is 2. The van der Waals surface area contributed by atoms with Gasteiger partial charge in [0.05, 0.1) is 30.1 Å². The summed E-state index contributed by atoms with van der Waals surface area (Å²) in [5, 5.41) is 0. The summed E-state index contributed by atoms with van der Waals surface area (Å²) < 4.78 is 24.5. The van der Waals surface area contributed by atoms with Crippen LogP contribution in [0.15, 0.2) is 18.7 Å². The molecular formula is C15H22N6O2S. The molecule has 2 atom stereocenters. The van der Waals surface area contributed by atoms with E-state index in [0.29, 0.717) is 13.1 Å². The highest BCUT2D eigenvalue weighted by atomic mass is 32.2. The zero-order valence-electron chi connectivity index (χ0n) is 13.6. The lowest BCUT2D eigenvalue weighted by Gasteiger charge is -2.43. The maximum Gasteiger partial charge on any atom is 0.153 e. The van der Waals surface area contributed by atoms with Crippen molar-refractivity contribution in [3.63, 3.8) is 0 Å². The first-order valence-corrected chi connectivity index (χ1v) is 9.99. The van der Waals surface area contributed by atoms with E-state index in [1.807, 2.05) is 6.92 Å². The Kier molecular flexibility index (Phi) is 3.93. The normalized spacial score (nSPS) is 27.4. The van der Waals surface area contributed by atoms with Crippen molar-refractivity contribution in [1.82, 2.24) is 29.7 Å². The molecule has 0 spiro atoms. The van der Waals surface area contributed by atoms with Crippen molar-refractivity contribution >= 4 is 9.84 Å². The predicted molar refractivity (Wildman–Crippen MR) is 89.0 cm³/mol. The van der Waals surface area contributed by atoms with Crippen LogP contribution in [0.25, 0.3) is 0 Å². The summed E-state index contributed by atoms with van der Waals surface area (Å²) >= 11 is 0. The van der Waals surface area contributed by atoms with Gasteiger partial charge >= 0.3 is 0 Å². The highest BCUT2D eigenvalue weighted by molar-refractivity contribution is 7.91. The van der Waals surface area contributed by atoms with Gasteiger partial charge in [-0.15, -0.1) is 0 Å². The molecule has 2 aliphatic rings. The number of hydrogen-bond acceptors (Lipinski definition) is 6. The van der Waals surface area contributed by atoms with Gasteiger partial charge in [-0.1, -0.05) is 0 Å². The summed E-state index contributed by atoms with van der Waals surface area (Å²) in [6.07, 6.45) is 5.23. The van der Waals surface area contributed by atoms with E-state index < -0.39 is 9.84 Å². The number of aryl methyl sites for hydroxylation is 1. The Morgan fingerprint density at radius 1 is 1.12 bits per heavy atom. The number of nitrogens with zero attached hydrogens (tertiary/aromatic N) is 4. The van der Waals surface area contributed by atoms with E-state index in [1.54, 1.807) is 18.7 Å². The number of piperazine rings is 1. The van der Waals surface area contributed by atoms with E-state index in [2.05, 4.69) is 29.7 Å². The quantitative estimate of drug-likeness (QED) is 0.801. The van der Waals surface area contributed by atoms with Crippen molar-refractivity contribution < 1.29 is 8.42 Å². The Balaban J connectivity index is 1.54. The maximum atomic E-state index is 12.3. The summed E-state index contributed by atoms with van der Waals surface area (Å²) in [6.45, 7) is 5.03. The van der Waals surface area contributed by atoms with Gasteiger partial charge in [-0.2, -0.15) is 0 Å². The molecule has 0 bridgehead atoms. The highest BCUT2D eigenvalue weighted by Gasteiger charge is 2.46. The van der Waals surface area contributed by atoms with E-state index in [-0.39, 0.29) is 23.6 Å². The van der Waals surface area contributed by atoms with Gasteiger partial charge in [0, 0.05) is 49.8 Å². The van der Waals surface area contributed by atoms with Crippen LogP contribution < -0.4 is 0 Å². The van der Waals surface area contributed by atoms with E-state index >= 15 is 0 Å². The molecule has 2 saturated heterocycles. The number of sulfone groups is 1. The van der Waals surface area contributed by atoms with Gasteiger partial charge in [0.1, 0.15) is 5.82 Å². The zero-order valence-corrected chi connectivity index (χ0v) is 14.5. The van der Waals surface area contributed by atoms with Crippen molar-refractivity contribution in [2.24, 2.45) is 0 Å². The molecule has 0 radical (unpaired) electrons. The SMILES string of the molecule is Cc1[nH]cnc1CN1CCN(Cc2ncc[nH]2)[C@H]2CS(=O)(=O)C[C@H]21. The number of fused-ring (bicyclic) bond motifs is 1. The molecule has 130 valence electrons. The monoisotopic (exact) mass is 350 g/mol. The van der Waals surface area contributed by atoms with Crippen molar-refractivity contribution in [1.29, 1.82) is 0 Å². The molecule has 0 aromatic carbocycles. The molecule has 0 unspecified atom stereocenters. The zero-order chi connectivity index (χ0) is 16.7. The fourth-order valence-electron chi connectivity index (χ4n) is 3.80. The van der Waals surface area contributed by atoms with Crippen LogP contribution in [0.2, 0.25) is 0 Å². The van der Waals surface area contributed by atoms with E-state index in [0.717, 1.165) is 30.3 Å². The van der Waals surface area contributed by atoms with Gasteiger partial charge in [-0.3, -0.25) is 9.80 Å². The minimum atomic E-state index is -3.00. The van der Waals surface area contributed by atoms with Gasteiger partial charge in [0.25, 0.3) is 0 Å². The first-order valence-electron chi connectivity index (χ1n) is 8.17. The Bertz CT molecular complexity index is 800. The van der Waals surface area contributed by atoms with Gasteiger partial charge < -0.3 is 9.97 Å². The molecule has 2 aromatic heterocycles. The van der Waals surface area contributed by atoms with Crippen LogP contribution in [-0.4, -0.2) is 74.8 Å². The Hall–Kier alpha value is -1.71. The molecule has 8 nitrogen and oxygen atoms in total. The second kappa shape index (κ2) is 5.98. The molecule has 2 aliphatic heterocycles. The van der Waals surface area contributed by atoms with Gasteiger partial charge in [0.15, 0.2) is 9.84 Å². The van der Waals surface area contributed by atoms with Crippen molar-refractivity contribution in [3.05, 3.63) is 35.9 Å². The Labute approximate surface area is 141 Å². The smallest absolute Gasteiger partial charge is 0.153 e. The average molecular weight is 350 g/mol. The molecule has 2 N–H and O–H groups in total. The van der Waals surface area contributed by atoms with Crippen LogP contribution in [0.3, 0.4) is 0 Å². The van der Waals surface area contributed by atoms with Gasteiger partial charge in [0.2, 0.25) is 0 Å². The first kappa shape index (κ1) is 15.8. The highest BCUT2D eigenvalue weighted by Crippen LogP contribution is 2.29. The van der Waals surface area contributed by atoms with Crippen LogP contribution >= 0.6 is 0 Å². The molecule has 4 rings (SSSR count). The molecule has 0 amide bonds. The third-order valence-electron chi connectivity index (χ3n) is 5.10. The van der Waals surface area contributed by atoms with Crippen LogP contribution in [-0.2, 0) is 22.9 Å². The van der Waals surface area contributed by atoms with E-state index in [9.17, 15) is 8.42 Å². The largest absolute Gasteiger partial charge is 0.348 e. The third kappa shape index (κ3) is 2.99. The van der Waals surface area contributed by atoms with Crippen molar-refractivity contribution in [2.45, 2.75) is 32.1 Å². The maximum absolute atomic E-state index is 12.3. The second-order valence-corrected chi connectivity index (χ2v) is 8.82. The molecule has 2 fully saturated rings. The minimum Gasteiger partial charge on any atom is -0.348 e. The van der Waals surface area contributed by atoms with Crippen LogP contribution in [0.4, 0.5) is 0 Å². The molecule has 2 aromatic rings. The molecule has 0 aliphatic carbocycles. The van der Waals surface area contributed by atoms with Gasteiger partial charge in [-0.05, 0) is 6.92 Å². The van der Waals surface area contributed by atoms with Crippen molar-refractivity contribution in [2.75, 3.05) is 24.6 Å². The number of imidazole rings is 2. The fourth-order valence-corrected chi connectivity index (χ4v) is 5.85. The third-order valence-corrected chi connectivity index (χ3v) is 6.80. The first-order chi connectivity index (χ1) is 11.5. The predicted octanol–water partition coefficient (Wildman–Crippen LogP) is -0.0754. The number of aromatic nitrogens is 4. The standard InChI is InChI=1S/C15H22N6O2S/c1-11-12(19-10-18-11)6-20-4-5-21(7-15-16-2-3-17-15)14-9-24(22,23)8-13(14)20/h2-3,10,13-14H,4-9H2,1H3,(H,16,17)(H,18,19)/t13-,14+/m1/s1. The van der Waals surface area contributed by atoms with Gasteiger partial charge in [-0.25, -0.2) is 18.4 Å². The molecular weight excluding hydrogens is 328 g/mol. The Morgan fingerprint density at radius 3 is 2.42 bits per heavy atom. The summed E-state index contributed by atoms with van der Waals surface area (Å²) in [4.78, 5) is 19.4. The second-order valence-electron chi connectivity index (χ2n) is 6.66. The number of rotatable bonds is 4. The number of hydrogen-bond donors (Lipinski definition) is 2.